The maximum atomic E-state index is 13.8. The third-order valence-corrected chi connectivity index (χ3v) is 9.99. The molecule has 5 rings (SSSR count). The smallest absolute Gasteiger partial charge is 0.253 e. The molecule has 2 aliphatic heterocycles. The summed E-state index contributed by atoms with van der Waals surface area (Å²) in [6.07, 6.45) is 7.80. The Morgan fingerprint density at radius 2 is 1.69 bits per heavy atom. The molecule has 0 atom stereocenters. The third kappa shape index (κ3) is 9.49. The van der Waals surface area contributed by atoms with Crippen molar-refractivity contribution in [2.24, 2.45) is 0 Å². The summed E-state index contributed by atoms with van der Waals surface area (Å²) in [5, 5.41) is 6.71. The summed E-state index contributed by atoms with van der Waals surface area (Å²) in [5.74, 6) is -0.269. The number of nitrogens with zero attached hydrogens (tertiary/aromatic N) is 2. The Morgan fingerprint density at radius 1 is 0.980 bits per heavy atom. The number of H-pyrrole nitrogens is 1. The minimum atomic E-state index is -0.230. The number of likely N-dealkylation sites (tertiary alicyclic amines) is 2. The van der Waals surface area contributed by atoms with Gasteiger partial charge in [-0.2, -0.15) is 0 Å². The van der Waals surface area contributed by atoms with Crippen LogP contribution in [0.2, 0.25) is 0 Å². The number of benzene rings is 2. The van der Waals surface area contributed by atoms with Crippen molar-refractivity contribution in [2.45, 2.75) is 91.5 Å². The highest BCUT2D eigenvalue weighted by molar-refractivity contribution is 5.98. The van der Waals surface area contributed by atoms with Gasteiger partial charge in [0, 0.05) is 74.4 Å². The van der Waals surface area contributed by atoms with Crippen molar-refractivity contribution < 1.29 is 14.3 Å². The second-order valence-electron chi connectivity index (χ2n) is 13.7. The predicted octanol–water partition coefficient (Wildman–Crippen LogP) is 6.27. The largest absolute Gasteiger partial charge is 0.382 e. The van der Waals surface area contributed by atoms with E-state index in [9.17, 15) is 14.4 Å². The van der Waals surface area contributed by atoms with Crippen LogP contribution in [-0.4, -0.2) is 71.5 Å². The van der Waals surface area contributed by atoms with E-state index in [-0.39, 0.29) is 30.0 Å². The maximum absolute atomic E-state index is 13.8. The Labute approximate surface area is 291 Å². The van der Waals surface area contributed by atoms with Crippen LogP contribution in [0.25, 0.3) is 11.1 Å². The van der Waals surface area contributed by atoms with E-state index >= 15 is 0 Å². The number of pyridine rings is 1. The van der Waals surface area contributed by atoms with Crippen LogP contribution in [0.4, 0.5) is 5.69 Å². The van der Waals surface area contributed by atoms with E-state index in [1.54, 1.807) is 0 Å². The lowest BCUT2D eigenvalue weighted by Crippen LogP contribution is -2.41. The number of anilines is 1. The summed E-state index contributed by atoms with van der Waals surface area (Å²) in [6, 6.07) is 14.8. The van der Waals surface area contributed by atoms with Crippen molar-refractivity contribution in [1.29, 1.82) is 0 Å². The fraction of sp³-hybridized carbons (Fsp3) is 0.475. The Morgan fingerprint density at radius 3 is 2.35 bits per heavy atom. The van der Waals surface area contributed by atoms with Crippen molar-refractivity contribution in [3.8, 4) is 11.1 Å². The molecule has 0 saturated carbocycles. The van der Waals surface area contributed by atoms with Gasteiger partial charge >= 0.3 is 0 Å². The van der Waals surface area contributed by atoms with Gasteiger partial charge < -0.3 is 25.3 Å². The second-order valence-corrected chi connectivity index (χ2v) is 13.7. The fourth-order valence-electron chi connectivity index (χ4n) is 6.91. The summed E-state index contributed by atoms with van der Waals surface area (Å²) in [4.78, 5) is 45.7. The van der Waals surface area contributed by atoms with E-state index in [1.165, 1.54) is 18.1 Å². The lowest BCUT2D eigenvalue weighted by molar-refractivity contribution is -0.126. The number of rotatable bonds is 13. The van der Waals surface area contributed by atoms with Gasteiger partial charge in [0.2, 0.25) is 5.91 Å². The zero-order valence-electron chi connectivity index (χ0n) is 29.7. The first-order valence-electron chi connectivity index (χ1n) is 17.9. The van der Waals surface area contributed by atoms with Gasteiger partial charge in [0.25, 0.3) is 11.5 Å². The van der Waals surface area contributed by atoms with Gasteiger partial charge in [0.15, 0.2) is 0 Å². The standard InChI is InChI=1S/C40H53N5O4/c1-6-8-21-49-34-15-17-44(18-16-34)26-30-9-11-31(12-10-30)32-23-35(39(47)41-25-36-27(3)22-28(4)42-40(36)48)29(5)37(24-32)43-33-13-19-45(20-14-33)38(46)7-2/h7,9-12,22-24,33-34,43H,2,6,8,13-21,25-26H2,1,3-5H3,(H,41,47)(H,42,48). The number of aryl methyl sites for hydroxylation is 2. The number of nitrogens with one attached hydrogen (secondary N) is 3. The molecule has 262 valence electrons. The highest BCUT2D eigenvalue weighted by atomic mass is 16.5. The van der Waals surface area contributed by atoms with Crippen molar-refractivity contribution >= 4 is 17.5 Å². The van der Waals surface area contributed by atoms with Crippen LogP contribution in [-0.2, 0) is 22.6 Å². The molecule has 2 aliphatic rings. The zero-order valence-corrected chi connectivity index (χ0v) is 29.7. The van der Waals surface area contributed by atoms with Gasteiger partial charge in [-0.15, -0.1) is 0 Å². The Balaban J connectivity index is 1.33. The molecule has 3 heterocycles. The van der Waals surface area contributed by atoms with E-state index in [0.717, 1.165) is 92.0 Å². The number of aromatic amines is 1. The van der Waals surface area contributed by atoms with E-state index in [1.807, 2.05) is 37.8 Å². The highest BCUT2D eigenvalue weighted by Gasteiger charge is 2.24. The minimum absolute atomic E-state index is 0.0393. The maximum Gasteiger partial charge on any atom is 0.253 e. The number of carbonyl (C=O) groups is 2. The van der Waals surface area contributed by atoms with Gasteiger partial charge in [-0.1, -0.05) is 44.2 Å². The van der Waals surface area contributed by atoms with E-state index in [2.05, 4.69) is 64.4 Å². The number of ether oxygens (including phenoxy) is 1. The van der Waals surface area contributed by atoms with Crippen LogP contribution in [0.15, 0.2) is 59.9 Å². The molecular weight excluding hydrogens is 614 g/mol. The second kappa shape index (κ2) is 16.9. The number of hydrogen-bond acceptors (Lipinski definition) is 6. The number of unbranched alkanes of at least 4 members (excludes halogenated alkanes) is 1. The fourth-order valence-corrected chi connectivity index (χ4v) is 6.91. The summed E-state index contributed by atoms with van der Waals surface area (Å²) < 4.78 is 6.06. The highest BCUT2D eigenvalue weighted by Crippen LogP contribution is 2.31. The molecular formula is C40H53N5O4. The molecule has 2 amide bonds. The summed E-state index contributed by atoms with van der Waals surface area (Å²) in [7, 11) is 0. The van der Waals surface area contributed by atoms with E-state index < -0.39 is 0 Å². The molecule has 2 aromatic carbocycles. The number of hydrogen-bond donors (Lipinski definition) is 3. The minimum Gasteiger partial charge on any atom is -0.382 e. The molecule has 0 aliphatic carbocycles. The molecule has 9 nitrogen and oxygen atoms in total. The van der Waals surface area contributed by atoms with Crippen LogP contribution in [0.3, 0.4) is 0 Å². The lowest BCUT2D eigenvalue weighted by atomic mass is 9.95. The Hall–Kier alpha value is -4.21. The van der Waals surface area contributed by atoms with Crippen LogP contribution >= 0.6 is 0 Å². The SMILES string of the molecule is C=CC(=O)N1CCC(Nc2cc(-c3ccc(CN4CCC(OCCCC)CC4)cc3)cc(C(=O)NCc3c(C)cc(C)[nH]c3=O)c2C)CC1. The topological polar surface area (TPSA) is 107 Å². The predicted molar refractivity (Wildman–Crippen MR) is 197 cm³/mol. The summed E-state index contributed by atoms with van der Waals surface area (Å²) in [6.45, 7) is 16.8. The van der Waals surface area contributed by atoms with Gasteiger partial charge in [0.1, 0.15) is 0 Å². The molecule has 0 radical (unpaired) electrons. The molecule has 0 unspecified atom stereocenters. The molecule has 3 N–H and O–H groups in total. The van der Waals surface area contributed by atoms with E-state index in [0.29, 0.717) is 30.3 Å². The Bertz CT molecular complexity index is 1670. The monoisotopic (exact) mass is 667 g/mol. The Kier molecular flexibility index (Phi) is 12.5. The number of piperidine rings is 2. The first-order chi connectivity index (χ1) is 23.6. The van der Waals surface area contributed by atoms with Crippen LogP contribution in [0.5, 0.6) is 0 Å². The summed E-state index contributed by atoms with van der Waals surface area (Å²) in [5.41, 5.74) is 7.55. The average molecular weight is 668 g/mol. The zero-order chi connectivity index (χ0) is 34.9. The van der Waals surface area contributed by atoms with Crippen LogP contribution in [0.1, 0.15) is 83.8 Å². The first kappa shape index (κ1) is 36.1. The normalized spacial score (nSPS) is 16.0. The number of amides is 2. The molecule has 0 spiro atoms. The van der Waals surface area contributed by atoms with Crippen molar-refractivity contribution in [3.05, 3.63) is 99.0 Å². The molecule has 1 aromatic heterocycles. The number of aromatic nitrogens is 1. The first-order valence-corrected chi connectivity index (χ1v) is 17.9. The van der Waals surface area contributed by atoms with Gasteiger partial charge in [-0.3, -0.25) is 19.3 Å². The third-order valence-electron chi connectivity index (χ3n) is 9.99. The van der Waals surface area contributed by atoms with Gasteiger partial charge in [-0.25, -0.2) is 0 Å². The lowest BCUT2D eigenvalue weighted by Gasteiger charge is -2.33. The average Bonchev–Trinajstić information content (AvgIpc) is 3.10. The molecule has 2 saturated heterocycles. The quantitative estimate of drug-likeness (QED) is 0.147. The molecule has 9 heteroatoms. The van der Waals surface area contributed by atoms with Gasteiger partial charge in [0.05, 0.1) is 6.10 Å². The number of carbonyl (C=O) groups excluding carboxylic acids is 2. The molecule has 0 bridgehead atoms. The molecule has 2 fully saturated rings. The molecule has 3 aromatic rings. The summed E-state index contributed by atoms with van der Waals surface area (Å²) >= 11 is 0. The van der Waals surface area contributed by atoms with Crippen LogP contribution in [0, 0.1) is 20.8 Å². The van der Waals surface area contributed by atoms with Crippen molar-refractivity contribution in [1.82, 2.24) is 20.1 Å². The van der Waals surface area contributed by atoms with Crippen molar-refractivity contribution in [2.75, 3.05) is 38.1 Å². The molecule has 49 heavy (non-hydrogen) atoms. The van der Waals surface area contributed by atoms with Crippen molar-refractivity contribution in [3.63, 3.8) is 0 Å². The van der Waals surface area contributed by atoms with Gasteiger partial charge in [-0.05, 0) is 105 Å². The van der Waals surface area contributed by atoms with Crippen LogP contribution < -0.4 is 16.2 Å². The van der Waals surface area contributed by atoms with E-state index in [4.69, 9.17) is 4.74 Å².